The van der Waals surface area contributed by atoms with Crippen molar-refractivity contribution >= 4 is 15.9 Å². The van der Waals surface area contributed by atoms with E-state index in [1.165, 1.54) is 5.56 Å². The van der Waals surface area contributed by atoms with Gasteiger partial charge in [0.15, 0.2) is 0 Å². The maximum Gasteiger partial charge on any atom is 0.137 e. The lowest BCUT2D eigenvalue weighted by atomic mass is 9.98. The zero-order valence-corrected chi connectivity index (χ0v) is 14.1. The van der Waals surface area contributed by atoms with Crippen LogP contribution in [0.4, 0.5) is 4.39 Å². The number of rotatable bonds is 4. The van der Waals surface area contributed by atoms with Gasteiger partial charge in [0.25, 0.3) is 0 Å². The predicted octanol–water partition coefficient (Wildman–Crippen LogP) is 3.80. The molecule has 0 amide bonds. The fourth-order valence-electron chi connectivity index (χ4n) is 2.80. The van der Waals surface area contributed by atoms with Crippen molar-refractivity contribution in [2.45, 2.75) is 45.8 Å². The summed E-state index contributed by atoms with van der Waals surface area (Å²) in [4.78, 5) is 2.53. The van der Waals surface area contributed by atoms with Crippen LogP contribution in [0.1, 0.15) is 32.8 Å². The van der Waals surface area contributed by atoms with Crippen LogP contribution in [0.5, 0.6) is 0 Å². The largest absolute Gasteiger partial charge is 0.311 e. The Morgan fingerprint density at radius 1 is 1.45 bits per heavy atom. The standard InChI is InChI=1S/C16H24BrFN2/c1-4-13-8-19-16(11(2)3)10-20(13)9-12-5-6-15(18)14(17)7-12/h5-7,11,13,16,19H,4,8-10H2,1-3H3. The number of hydrogen-bond donors (Lipinski definition) is 1. The van der Waals surface area contributed by atoms with Crippen molar-refractivity contribution in [2.24, 2.45) is 5.92 Å². The second-order valence-electron chi connectivity index (χ2n) is 6.00. The van der Waals surface area contributed by atoms with Crippen LogP contribution in [0.25, 0.3) is 0 Å². The molecule has 1 fully saturated rings. The van der Waals surface area contributed by atoms with E-state index in [2.05, 4.69) is 46.9 Å². The molecule has 1 N–H and O–H groups in total. The quantitative estimate of drug-likeness (QED) is 0.895. The first kappa shape index (κ1) is 15.9. The first-order valence-electron chi connectivity index (χ1n) is 7.42. The van der Waals surface area contributed by atoms with Gasteiger partial charge in [-0.1, -0.05) is 26.8 Å². The minimum absolute atomic E-state index is 0.193. The Balaban J connectivity index is 2.09. The van der Waals surface area contributed by atoms with Gasteiger partial charge in [0.1, 0.15) is 5.82 Å². The number of nitrogens with zero attached hydrogens (tertiary/aromatic N) is 1. The molecule has 1 aliphatic heterocycles. The number of piperazine rings is 1. The Morgan fingerprint density at radius 3 is 2.80 bits per heavy atom. The molecule has 0 aliphatic carbocycles. The molecule has 0 aromatic heterocycles. The van der Waals surface area contributed by atoms with Gasteiger partial charge in [0, 0.05) is 31.7 Å². The molecule has 2 nitrogen and oxygen atoms in total. The molecule has 0 spiro atoms. The summed E-state index contributed by atoms with van der Waals surface area (Å²) < 4.78 is 13.9. The number of halogens is 2. The Labute approximate surface area is 129 Å². The van der Waals surface area contributed by atoms with Crippen molar-refractivity contribution in [3.05, 3.63) is 34.1 Å². The molecule has 1 aromatic rings. The molecule has 0 saturated carbocycles. The smallest absolute Gasteiger partial charge is 0.137 e. The first-order valence-corrected chi connectivity index (χ1v) is 8.22. The van der Waals surface area contributed by atoms with E-state index in [-0.39, 0.29) is 5.82 Å². The third-order valence-electron chi connectivity index (χ3n) is 4.21. The number of nitrogens with one attached hydrogen (secondary N) is 1. The van der Waals surface area contributed by atoms with E-state index in [1.807, 2.05) is 12.1 Å². The topological polar surface area (TPSA) is 15.3 Å². The van der Waals surface area contributed by atoms with E-state index in [1.54, 1.807) is 6.07 Å². The Hall–Kier alpha value is -0.450. The van der Waals surface area contributed by atoms with Gasteiger partial charge in [-0.3, -0.25) is 4.90 Å². The Kier molecular flexibility index (Phi) is 5.58. The maximum atomic E-state index is 13.3. The molecule has 20 heavy (non-hydrogen) atoms. The lowest BCUT2D eigenvalue weighted by Crippen LogP contribution is -2.57. The molecular weight excluding hydrogens is 319 g/mol. The molecule has 112 valence electrons. The molecular formula is C16H24BrFN2. The van der Waals surface area contributed by atoms with E-state index in [0.29, 0.717) is 22.5 Å². The number of hydrogen-bond acceptors (Lipinski definition) is 2. The van der Waals surface area contributed by atoms with Gasteiger partial charge >= 0.3 is 0 Å². The van der Waals surface area contributed by atoms with Crippen molar-refractivity contribution in [1.29, 1.82) is 0 Å². The minimum atomic E-state index is -0.193. The maximum absolute atomic E-state index is 13.3. The highest BCUT2D eigenvalue weighted by Gasteiger charge is 2.28. The van der Waals surface area contributed by atoms with Gasteiger partial charge in [-0.2, -0.15) is 0 Å². The summed E-state index contributed by atoms with van der Waals surface area (Å²) in [6, 6.07) is 6.44. The summed E-state index contributed by atoms with van der Waals surface area (Å²) in [5.41, 5.74) is 1.17. The second kappa shape index (κ2) is 7.01. The predicted molar refractivity (Wildman–Crippen MR) is 85.2 cm³/mol. The second-order valence-corrected chi connectivity index (χ2v) is 6.85. The Morgan fingerprint density at radius 2 is 2.20 bits per heavy atom. The highest BCUT2D eigenvalue weighted by Crippen LogP contribution is 2.21. The lowest BCUT2D eigenvalue weighted by Gasteiger charge is -2.41. The fourth-order valence-corrected chi connectivity index (χ4v) is 3.22. The Bertz CT molecular complexity index is 450. The van der Waals surface area contributed by atoms with Crippen LogP contribution in [0.15, 0.2) is 22.7 Å². The molecule has 1 heterocycles. The summed E-state index contributed by atoms with van der Waals surface area (Å²) >= 11 is 3.27. The van der Waals surface area contributed by atoms with Gasteiger partial charge in [-0.25, -0.2) is 4.39 Å². The molecule has 2 rings (SSSR count). The average Bonchev–Trinajstić information content (AvgIpc) is 2.42. The SMILES string of the molecule is CCC1CNC(C(C)C)CN1Cc1ccc(F)c(Br)c1. The van der Waals surface area contributed by atoms with E-state index >= 15 is 0 Å². The fraction of sp³-hybridized carbons (Fsp3) is 0.625. The average molecular weight is 343 g/mol. The summed E-state index contributed by atoms with van der Waals surface area (Å²) in [6.45, 7) is 9.75. The molecule has 1 aromatic carbocycles. The van der Waals surface area contributed by atoms with Gasteiger partial charge in [0.2, 0.25) is 0 Å². The van der Waals surface area contributed by atoms with Gasteiger partial charge < -0.3 is 5.32 Å². The van der Waals surface area contributed by atoms with E-state index in [4.69, 9.17) is 0 Å². The van der Waals surface area contributed by atoms with Crippen LogP contribution in [-0.2, 0) is 6.54 Å². The van der Waals surface area contributed by atoms with Crippen LogP contribution < -0.4 is 5.32 Å². The normalized spacial score (nSPS) is 24.3. The summed E-state index contributed by atoms with van der Waals surface area (Å²) in [7, 11) is 0. The highest BCUT2D eigenvalue weighted by molar-refractivity contribution is 9.10. The van der Waals surface area contributed by atoms with Gasteiger partial charge in [-0.15, -0.1) is 0 Å². The first-order chi connectivity index (χ1) is 9.51. The molecule has 1 aliphatic rings. The zero-order valence-electron chi connectivity index (χ0n) is 12.5. The summed E-state index contributed by atoms with van der Waals surface area (Å²) in [6.07, 6.45) is 1.14. The van der Waals surface area contributed by atoms with Crippen LogP contribution in [-0.4, -0.2) is 30.1 Å². The van der Waals surface area contributed by atoms with Crippen LogP contribution in [0.2, 0.25) is 0 Å². The monoisotopic (exact) mass is 342 g/mol. The molecule has 0 bridgehead atoms. The van der Waals surface area contributed by atoms with Crippen molar-refractivity contribution in [3.63, 3.8) is 0 Å². The van der Waals surface area contributed by atoms with Crippen LogP contribution in [0, 0.1) is 11.7 Å². The van der Waals surface area contributed by atoms with Gasteiger partial charge in [-0.05, 0) is 46.0 Å². The van der Waals surface area contributed by atoms with Crippen molar-refractivity contribution in [3.8, 4) is 0 Å². The van der Waals surface area contributed by atoms with Crippen molar-refractivity contribution < 1.29 is 4.39 Å². The van der Waals surface area contributed by atoms with Crippen LogP contribution in [0.3, 0.4) is 0 Å². The summed E-state index contributed by atoms with van der Waals surface area (Å²) in [5, 5.41) is 3.64. The third-order valence-corrected chi connectivity index (χ3v) is 4.82. The lowest BCUT2D eigenvalue weighted by molar-refractivity contribution is 0.103. The highest BCUT2D eigenvalue weighted by atomic mass is 79.9. The molecule has 4 heteroatoms. The minimum Gasteiger partial charge on any atom is -0.311 e. The van der Waals surface area contributed by atoms with Crippen molar-refractivity contribution in [1.82, 2.24) is 10.2 Å². The molecule has 1 saturated heterocycles. The molecule has 2 unspecified atom stereocenters. The summed E-state index contributed by atoms with van der Waals surface area (Å²) in [5.74, 6) is 0.441. The number of benzene rings is 1. The molecule has 0 radical (unpaired) electrons. The van der Waals surface area contributed by atoms with E-state index < -0.39 is 0 Å². The van der Waals surface area contributed by atoms with E-state index in [0.717, 1.165) is 26.1 Å². The third kappa shape index (κ3) is 3.80. The van der Waals surface area contributed by atoms with E-state index in [9.17, 15) is 4.39 Å². The van der Waals surface area contributed by atoms with Crippen molar-refractivity contribution in [2.75, 3.05) is 13.1 Å². The zero-order chi connectivity index (χ0) is 14.7. The van der Waals surface area contributed by atoms with Gasteiger partial charge in [0.05, 0.1) is 4.47 Å². The van der Waals surface area contributed by atoms with Crippen LogP contribution >= 0.6 is 15.9 Å². The molecule has 2 atom stereocenters.